The molecule has 0 saturated carbocycles. The van der Waals surface area contributed by atoms with Gasteiger partial charge in [0.15, 0.2) is 0 Å². The average Bonchev–Trinajstić information content (AvgIpc) is 2.80. The van der Waals surface area contributed by atoms with Crippen LogP contribution in [0.2, 0.25) is 0 Å². The first-order valence-corrected chi connectivity index (χ1v) is 13.6. The van der Waals surface area contributed by atoms with E-state index >= 15 is 0 Å². The lowest BCUT2D eigenvalue weighted by Gasteiger charge is -2.33. The lowest BCUT2D eigenvalue weighted by molar-refractivity contribution is -0.111. The second kappa shape index (κ2) is 11.4. The van der Waals surface area contributed by atoms with Crippen LogP contribution in [-0.2, 0) is 9.36 Å². The van der Waals surface area contributed by atoms with Crippen molar-refractivity contribution in [1.29, 1.82) is 0 Å². The smallest absolute Gasteiger partial charge is 0.339 e. The van der Waals surface area contributed by atoms with Crippen molar-refractivity contribution < 1.29 is 19.1 Å². The second-order valence-electron chi connectivity index (χ2n) is 8.21. The van der Waals surface area contributed by atoms with Crippen LogP contribution in [-0.4, -0.2) is 74.5 Å². The number of piperazine rings is 1. The molecule has 184 valence electrons. The molecule has 1 amide bonds. The zero-order valence-corrected chi connectivity index (χ0v) is 21.3. The number of nitrogens with one attached hydrogen (secondary N) is 2. The van der Waals surface area contributed by atoms with Crippen molar-refractivity contribution in [3.8, 4) is 0 Å². The van der Waals surface area contributed by atoms with Gasteiger partial charge in [-0.25, -0.2) is 9.97 Å². The molecule has 0 unspecified atom stereocenters. The molecule has 1 aromatic heterocycles. The van der Waals surface area contributed by atoms with Gasteiger partial charge in [0.05, 0.1) is 5.52 Å². The highest BCUT2D eigenvalue weighted by Crippen LogP contribution is 2.35. The fraction of sp³-hybridized carbons (Fsp3) is 0.261. The summed E-state index contributed by atoms with van der Waals surface area (Å²) in [5.74, 6) is 0.389. The molecule has 4 rings (SSSR count). The van der Waals surface area contributed by atoms with E-state index in [1.54, 1.807) is 17.0 Å². The van der Waals surface area contributed by atoms with Crippen LogP contribution in [0.5, 0.6) is 0 Å². The summed E-state index contributed by atoms with van der Waals surface area (Å²) >= 11 is 3.46. The van der Waals surface area contributed by atoms with Crippen molar-refractivity contribution in [2.24, 2.45) is 0 Å². The fourth-order valence-electron chi connectivity index (χ4n) is 3.80. The molecule has 1 aliphatic rings. The summed E-state index contributed by atoms with van der Waals surface area (Å²) in [6.45, 7) is 3.12. The summed E-state index contributed by atoms with van der Waals surface area (Å²) in [4.78, 5) is 43.2. The van der Waals surface area contributed by atoms with Crippen LogP contribution in [0.4, 0.5) is 17.2 Å². The van der Waals surface area contributed by atoms with E-state index in [1.165, 1.54) is 12.4 Å². The molecule has 12 heteroatoms. The van der Waals surface area contributed by atoms with E-state index in [2.05, 4.69) is 41.4 Å². The van der Waals surface area contributed by atoms with Crippen LogP contribution in [0.15, 0.2) is 65.4 Å². The number of fused-ring (bicyclic) bond motifs is 1. The Morgan fingerprint density at radius 1 is 1.06 bits per heavy atom. The molecule has 1 aliphatic heterocycles. The molecule has 0 spiro atoms. The van der Waals surface area contributed by atoms with Crippen LogP contribution >= 0.6 is 23.5 Å². The summed E-state index contributed by atoms with van der Waals surface area (Å²) in [5.41, 5.74) is 2.26. The van der Waals surface area contributed by atoms with Crippen LogP contribution in [0, 0.1) is 0 Å². The summed E-state index contributed by atoms with van der Waals surface area (Å²) < 4.78 is 12.1. The number of hydrogen-bond acceptors (Lipinski definition) is 7. The van der Waals surface area contributed by atoms with E-state index in [1.807, 2.05) is 36.4 Å². The Balaban J connectivity index is 1.34. The van der Waals surface area contributed by atoms with Crippen LogP contribution in [0.1, 0.15) is 0 Å². The van der Waals surface area contributed by atoms with E-state index in [0.29, 0.717) is 44.2 Å². The predicted molar refractivity (Wildman–Crippen MR) is 140 cm³/mol. The number of amides is 1. The maximum absolute atomic E-state index is 12.4. The van der Waals surface area contributed by atoms with Crippen molar-refractivity contribution in [3.05, 3.63) is 65.4 Å². The Morgan fingerprint density at radius 2 is 1.83 bits per heavy atom. The van der Waals surface area contributed by atoms with Gasteiger partial charge in [0.25, 0.3) is 0 Å². The van der Waals surface area contributed by atoms with Gasteiger partial charge in [-0.2, -0.15) is 0 Å². The monoisotopic (exact) mass is 560 g/mol. The van der Waals surface area contributed by atoms with E-state index in [-0.39, 0.29) is 12.2 Å². The summed E-state index contributed by atoms with van der Waals surface area (Å²) in [6.07, 6.45) is 4.57. The third-order valence-corrected chi connectivity index (χ3v) is 6.73. The summed E-state index contributed by atoms with van der Waals surface area (Å²) in [7, 11) is -4.03. The Kier molecular flexibility index (Phi) is 8.27. The van der Waals surface area contributed by atoms with Crippen molar-refractivity contribution in [2.75, 3.05) is 49.6 Å². The molecule has 0 aliphatic carbocycles. The molecule has 4 N–H and O–H groups in total. The van der Waals surface area contributed by atoms with Gasteiger partial charge in [0.2, 0.25) is 5.91 Å². The zero-order chi connectivity index (χ0) is 24.8. The first-order chi connectivity index (χ1) is 16.7. The molecule has 1 saturated heterocycles. The standard InChI is InChI=1S/C23H26BrN6O4P/c24-17-3-1-4-18(13-17)28-23-20-14-19(6-7-21(20)25-15-26-23)27-22(31)5-2-8-29-9-11-30(12-10-29)16-35(32,33)34/h1-7,13-15H,8-12,16H2,(H,27,31)(H,25,26,28)(H2,32,33,34). The van der Waals surface area contributed by atoms with E-state index in [0.717, 1.165) is 21.1 Å². The van der Waals surface area contributed by atoms with E-state index < -0.39 is 7.60 Å². The molecular weight excluding hydrogens is 535 g/mol. The van der Waals surface area contributed by atoms with E-state index in [9.17, 15) is 9.36 Å². The van der Waals surface area contributed by atoms with Gasteiger partial charge < -0.3 is 20.4 Å². The minimum absolute atomic E-state index is 0.212. The number of carbonyl (C=O) groups excluding carboxylic acids is 1. The number of halogens is 1. The van der Waals surface area contributed by atoms with Gasteiger partial charge in [-0.3, -0.25) is 19.2 Å². The first-order valence-electron chi connectivity index (χ1n) is 11.0. The van der Waals surface area contributed by atoms with Gasteiger partial charge in [-0.05, 0) is 36.4 Å². The molecule has 2 heterocycles. The molecule has 0 bridgehead atoms. The Morgan fingerprint density at radius 3 is 2.57 bits per heavy atom. The van der Waals surface area contributed by atoms with Crippen molar-refractivity contribution in [2.45, 2.75) is 0 Å². The number of hydrogen-bond donors (Lipinski definition) is 4. The third kappa shape index (κ3) is 7.66. The highest BCUT2D eigenvalue weighted by atomic mass is 79.9. The number of benzene rings is 2. The van der Waals surface area contributed by atoms with Crippen molar-refractivity contribution in [1.82, 2.24) is 19.8 Å². The van der Waals surface area contributed by atoms with Gasteiger partial charge in [-0.15, -0.1) is 0 Å². The van der Waals surface area contributed by atoms with Crippen molar-refractivity contribution >= 4 is 57.5 Å². The van der Waals surface area contributed by atoms with Crippen LogP contribution in [0.25, 0.3) is 10.9 Å². The number of anilines is 3. The lowest BCUT2D eigenvalue weighted by Crippen LogP contribution is -2.46. The maximum Gasteiger partial charge on any atom is 0.339 e. The van der Waals surface area contributed by atoms with E-state index in [4.69, 9.17) is 9.79 Å². The summed E-state index contributed by atoms with van der Waals surface area (Å²) in [5, 5.41) is 6.95. The Bertz CT molecular complexity index is 1280. The lowest BCUT2D eigenvalue weighted by atomic mass is 10.2. The molecule has 3 aromatic rings. The quantitative estimate of drug-likeness (QED) is 0.242. The molecule has 2 aromatic carbocycles. The number of rotatable bonds is 8. The first kappa shape index (κ1) is 25.4. The normalized spacial score (nSPS) is 15.5. The maximum atomic E-state index is 12.4. The van der Waals surface area contributed by atoms with Gasteiger partial charge in [0.1, 0.15) is 18.4 Å². The fourth-order valence-corrected chi connectivity index (χ4v) is 5.01. The molecule has 10 nitrogen and oxygen atoms in total. The topological polar surface area (TPSA) is 131 Å². The minimum atomic E-state index is -4.03. The molecule has 0 atom stereocenters. The molecule has 35 heavy (non-hydrogen) atoms. The minimum Gasteiger partial charge on any atom is -0.340 e. The molecular formula is C23H26BrN6O4P. The number of nitrogens with zero attached hydrogens (tertiary/aromatic N) is 4. The van der Waals surface area contributed by atoms with Crippen LogP contribution in [0.3, 0.4) is 0 Å². The molecule has 1 fully saturated rings. The third-order valence-electron chi connectivity index (χ3n) is 5.47. The van der Waals surface area contributed by atoms with Gasteiger partial charge in [-0.1, -0.05) is 28.1 Å². The SMILES string of the molecule is O=C(C=CCN1CCN(CP(=O)(O)O)CC1)Nc1ccc2ncnc(Nc3cccc(Br)c3)c2c1. The Labute approximate surface area is 211 Å². The summed E-state index contributed by atoms with van der Waals surface area (Å²) in [6, 6.07) is 13.2. The average molecular weight is 561 g/mol. The Hall–Kier alpha value is -2.66. The second-order valence-corrected chi connectivity index (χ2v) is 10.7. The van der Waals surface area contributed by atoms with Gasteiger partial charge in [0, 0.05) is 60.0 Å². The van der Waals surface area contributed by atoms with Crippen LogP contribution < -0.4 is 10.6 Å². The number of aromatic nitrogens is 2. The predicted octanol–water partition coefficient (Wildman–Crippen LogP) is 3.38. The zero-order valence-electron chi connectivity index (χ0n) is 18.8. The largest absolute Gasteiger partial charge is 0.340 e. The molecule has 0 radical (unpaired) electrons. The highest BCUT2D eigenvalue weighted by molar-refractivity contribution is 9.10. The number of carbonyl (C=O) groups is 1. The van der Waals surface area contributed by atoms with Crippen molar-refractivity contribution in [3.63, 3.8) is 0 Å². The highest BCUT2D eigenvalue weighted by Gasteiger charge is 2.23. The van der Waals surface area contributed by atoms with Gasteiger partial charge >= 0.3 is 7.60 Å².